The maximum atomic E-state index is 11.5. The summed E-state index contributed by atoms with van der Waals surface area (Å²) in [4.78, 5) is 43.4. The molecule has 0 saturated carbocycles. The largest absolute Gasteiger partial charge is 0.303 e. The first kappa shape index (κ1) is 14.7. The molecule has 16 heavy (non-hydrogen) atoms. The number of aldehydes is 2. The van der Waals surface area contributed by atoms with Gasteiger partial charge in [-0.05, 0) is 5.92 Å². The van der Waals surface area contributed by atoms with Gasteiger partial charge in [-0.3, -0.25) is 9.59 Å². The van der Waals surface area contributed by atoms with Crippen LogP contribution >= 0.6 is 0 Å². The molecule has 0 rings (SSSR count). The topological polar surface area (TPSA) is 68.3 Å². The molecule has 0 aromatic carbocycles. The zero-order valence-electron chi connectivity index (χ0n) is 9.77. The summed E-state index contributed by atoms with van der Waals surface area (Å²) in [6.45, 7) is 3.62. The Morgan fingerprint density at radius 2 is 1.81 bits per heavy atom. The van der Waals surface area contributed by atoms with E-state index in [0.717, 1.165) is 6.29 Å². The van der Waals surface area contributed by atoms with Gasteiger partial charge in [-0.1, -0.05) is 20.3 Å². The smallest absolute Gasteiger partial charge is 0.198 e. The first-order valence-electron chi connectivity index (χ1n) is 5.51. The lowest BCUT2D eigenvalue weighted by Gasteiger charge is -2.16. The van der Waals surface area contributed by atoms with Crippen molar-refractivity contribution in [2.45, 2.75) is 39.5 Å². The number of carbonyl (C=O) groups is 4. The van der Waals surface area contributed by atoms with E-state index in [1.807, 2.05) is 6.92 Å². The van der Waals surface area contributed by atoms with Gasteiger partial charge >= 0.3 is 0 Å². The van der Waals surface area contributed by atoms with Crippen molar-refractivity contribution < 1.29 is 19.2 Å². The molecule has 0 bridgehead atoms. The highest BCUT2D eigenvalue weighted by Gasteiger charge is 2.22. The third-order valence-corrected chi connectivity index (χ3v) is 2.73. The van der Waals surface area contributed by atoms with Crippen LogP contribution in [0, 0.1) is 11.8 Å². The Hall–Kier alpha value is -1.32. The molecule has 0 aromatic heterocycles. The van der Waals surface area contributed by atoms with Gasteiger partial charge in [-0.25, -0.2) is 0 Å². The van der Waals surface area contributed by atoms with Crippen molar-refractivity contribution in [3.8, 4) is 0 Å². The van der Waals surface area contributed by atoms with E-state index in [4.69, 9.17) is 0 Å². The molecule has 0 N–H and O–H groups in total. The van der Waals surface area contributed by atoms with E-state index in [-0.39, 0.29) is 31.1 Å². The number of hydrogen-bond donors (Lipinski definition) is 0. The fourth-order valence-corrected chi connectivity index (χ4v) is 1.49. The molecule has 4 nitrogen and oxygen atoms in total. The quantitative estimate of drug-likeness (QED) is 0.439. The molecule has 0 fully saturated rings. The Kier molecular flexibility index (Phi) is 7.25. The number of rotatable bonds is 9. The summed E-state index contributed by atoms with van der Waals surface area (Å²) in [5.74, 6) is -1.27. The average molecular weight is 226 g/mol. The lowest BCUT2D eigenvalue weighted by atomic mass is 9.87. The van der Waals surface area contributed by atoms with Crippen LogP contribution in [0.5, 0.6) is 0 Å². The summed E-state index contributed by atoms with van der Waals surface area (Å²) in [5.41, 5.74) is 0. The van der Waals surface area contributed by atoms with Crippen molar-refractivity contribution in [2.75, 3.05) is 0 Å². The second-order valence-corrected chi connectivity index (χ2v) is 3.92. The molecule has 0 saturated heterocycles. The Bertz CT molecular complexity index is 270. The maximum Gasteiger partial charge on any atom is 0.198 e. The molecule has 90 valence electrons. The second-order valence-electron chi connectivity index (χ2n) is 3.92. The molecular formula is C12H18O4. The fourth-order valence-electron chi connectivity index (χ4n) is 1.49. The Balaban J connectivity index is 4.24. The van der Waals surface area contributed by atoms with E-state index < -0.39 is 11.6 Å². The molecule has 0 aliphatic heterocycles. The third kappa shape index (κ3) is 4.96. The molecule has 0 heterocycles. The van der Waals surface area contributed by atoms with Crippen molar-refractivity contribution in [2.24, 2.45) is 11.8 Å². The monoisotopic (exact) mass is 226 g/mol. The maximum absolute atomic E-state index is 11.5. The lowest BCUT2D eigenvalue weighted by Crippen LogP contribution is -2.22. The van der Waals surface area contributed by atoms with Gasteiger partial charge < -0.3 is 9.59 Å². The number of hydrogen-bond acceptors (Lipinski definition) is 4. The van der Waals surface area contributed by atoms with Crippen LogP contribution in [0.2, 0.25) is 0 Å². The zero-order valence-corrected chi connectivity index (χ0v) is 9.77. The van der Waals surface area contributed by atoms with E-state index in [2.05, 4.69) is 0 Å². The van der Waals surface area contributed by atoms with Gasteiger partial charge in [0.05, 0.1) is 0 Å². The number of ketones is 2. The van der Waals surface area contributed by atoms with Crippen LogP contribution in [0.1, 0.15) is 39.5 Å². The van der Waals surface area contributed by atoms with Crippen LogP contribution in [0.4, 0.5) is 0 Å². The van der Waals surface area contributed by atoms with Crippen LogP contribution < -0.4 is 0 Å². The van der Waals surface area contributed by atoms with E-state index in [1.165, 1.54) is 0 Å². The van der Waals surface area contributed by atoms with Gasteiger partial charge in [0, 0.05) is 25.2 Å². The first-order valence-corrected chi connectivity index (χ1v) is 5.51. The number of Topliss-reactive ketones (excluding diaryl/α,β-unsaturated/α-hetero) is 2. The Morgan fingerprint density at radius 1 is 1.19 bits per heavy atom. The standard InChI is InChI=1S/C12H18O4/c1-3-10(9(2)8-14)7-12(16)11(15)5-4-6-13/h6,8-10H,3-5,7H2,1-2H3. The molecule has 0 amide bonds. The highest BCUT2D eigenvalue weighted by molar-refractivity contribution is 6.37. The van der Waals surface area contributed by atoms with Crippen LogP contribution in [0.25, 0.3) is 0 Å². The lowest BCUT2D eigenvalue weighted by molar-refractivity contribution is -0.137. The van der Waals surface area contributed by atoms with Crippen molar-refractivity contribution in [1.82, 2.24) is 0 Å². The van der Waals surface area contributed by atoms with E-state index in [9.17, 15) is 19.2 Å². The molecule has 2 atom stereocenters. The first-order chi connectivity index (χ1) is 7.56. The Labute approximate surface area is 95.4 Å². The van der Waals surface area contributed by atoms with Gasteiger partial charge in [-0.15, -0.1) is 0 Å². The predicted molar refractivity (Wildman–Crippen MR) is 58.9 cm³/mol. The van der Waals surface area contributed by atoms with Gasteiger partial charge in [0.15, 0.2) is 11.6 Å². The summed E-state index contributed by atoms with van der Waals surface area (Å²) < 4.78 is 0. The van der Waals surface area contributed by atoms with Crippen molar-refractivity contribution in [1.29, 1.82) is 0 Å². The van der Waals surface area contributed by atoms with E-state index >= 15 is 0 Å². The molecule has 4 heteroatoms. The highest BCUT2D eigenvalue weighted by Crippen LogP contribution is 2.18. The minimum Gasteiger partial charge on any atom is -0.303 e. The third-order valence-electron chi connectivity index (χ3n) is 2.73. The summed E-state index contributed by atoms with van der Waals surface area (Å²) >= 11 is 0. The van der Waals surface area contributed by atoms with E-state index in [0.29, 0.717) is 12.7 Å². The molecule has 0 aromatic rings. The predicted octanol–water partition coefficient (Wildman–Crippen LogP) is 1.35. The molecule has 2 unspecified atom stereocenters. The molecule has 0 aliphatic carbocycles. The molecular weight excluding hydrogens is 208 g/mol. The fraction of sp³-hybridized carbons (Fsp3) is 0.667. The minimum atomic E-state index is -0.511. The summed E-state index contributed by atoms with van der Waals surface area (Å²) in [5, 5.41) is 0. The van der Waals surface area contributed by atoms with Gasteiger partial charge in [0.25, 0.3) is 0 Å². The molecule has 0 aliphatic rings. The van der Waals surface area contributed by atoms with Crippen LogP contribution in [-0.2, 0) is 19.2 Å². The van der Waals surface area contributed by atoms with E-state index in [1.54, 1.807) is 6.92 Å². The summed E-state index contributed by atoms with van der Waals surface area (Å²) in [6.07, 6.45) is 2.29. The Morgan fingerprint density at radius 3 is 2.25 bits per heavy atom. The average Bonchev–Trinajstić information content (AvgIpc) is 2.31. The van der Waals surface area contributed by atoms with Crippen molar-refractivity contribution in [3.63, 3.8) is 0 Å². The van der Waals surface area contributed by atoms with Crippen LogP contribution in [0.15, 0.2) is 0 Å². The second kappa shape index (κ2) is 7.91. The zero-order chi connectivity index (χ0) is 12.6. The number of carbonyl (C=O) groups excluding carboxylic acids is 4. The van der Waals surface area contributed by atoms with Crippen molar-refractivity contribution >= 4 is 24.1 Å². The van der Waals surface area contributed by atoms with Crippen LogP contribution in [0.3, 0.4) is 0 Å². The van der Waals surface area contributed by atoms with Gasteiger partial charge in [0.1, 0.15) is 12.6 Å². The minimum absolute atomic E-state index is 0.0196. The molecule has 0 spiro atoms. The van der Waals surface area contributed by atoms with Gasteiger partial charge in [0.2, 0.25) is 0 Å². The van der Waals surface area contributed by atoms with Gasteiger partial charge in [-0.2, -0.15) is 0 Å². The summed E-state index contributed by atoms with van der Waals surface area (Å²) in [7, 11) is 0. The van der Waals surface area contributed by atoms with Crippen molar-refractivity contribution in [3.05, 3.63) is 0 Å². The normalized spacial score (nSPS) is 13.9. The van der Waals surface area contributed by atoms with Crippen LogP contribution in [-0.4, -0.2) is 24.1 Å². The highest BCUT2D eigenvalue weighted by atomic mass is 16.2. The molecule has 0 radical (unpaired) electrons. The SMILES string of the molecule is CCC(CC(=O)C(=O)CCC=O)C(C)C=O. The summed E-state index contributed by atoms with van der Waals surface area (Å²) in [6, 6.07) is 0.